The predicted octanol–water partition coefficient (Wildman–Crippen LogP) is 3.88. The van der Waals surface area contributed by atoms with Gasteiger partial charge in [0.25, 0.3) is 5.91 Å². The molecular formula is C20H20N2O3. The lowest BCUT2D eigenvalue weighted by atomic mass is 10.1. The van der Waals surface area contributed by atoms with Gasteiger partial charge in [0.15, 0.2) is 0 Å². The largest absolute Gasteiger partial charge is 0.491 e. The van der Waals surface area contributed by atoms with Crippen molar-refractivity contribution < 1.29 is 9.53 Å². The molecule has 5 nitrogen and oxygen atoms in total. The molecule has 0 saturated heterocycles. The predicted molar refractivity (Wildman–Crippen MR) is 99.5 cm³/mol. The fourth-order valence-electron chi connectivity index (χ4n) is 2.67. The smallest absolute Gasteiger partial charge is 0.255 e. The summed E-state index contributed by atoms with van der Waals surface area (Å²) in [5, 5.41) is 3.80. The normalized spacial score (nSPS) is 10.9. The van der Waals surface area contributed by atoms with Crippen LogP contribution in [0.5, 0.6) is 5.75 Å². The first-order valence-corrected chi connectivity index (χ1v) is 8.14. The summed E-state index contributed by atoms with van der Waals surface area (Å²) < 4.78 is 5.57. The average Bonchev–Trinajstić information content (AvgIpc) is 2.54. The Morgan fingerprint density at radius 2 is 1.80 bits per heavy atom. The Kier molecular flexibility index (Phi) is 4.57. The molecule has 0 saturated carbocycles. The van der Waals surface area contributed by atoms with Crippen molar-refractivity contribution in [1.82, 2.24) is 4.98 Å². The molecule has 0 aliphatic heterocycles. The number of rotatable bonds is 4. The zero-order chi connectivity index (χ0) is 18.0. The highest BCUT2D eigenvalue weighted by atomic mass is 16.5. The summed E-state index contributed by atoms with van der Waals surface area (Å²) in [5.41, 5.74) is 2.60. The van der Waals surface area contributed by atoms with Gasteiger partial charge in [-0.05, 0) is 62.7 Å². The summed E-state index contributed by atoms with van der Waals surface area (Å²) in [4.78, 5) is 26.8. The first-order valence-electron chi connectivity index (χ1n) is 8.14. The molecule has 0 aliphatic carbocycles. The Balaban J connectivity index is 1.80. The van der Waals surface area contributed by atoms with E-state index in [9.17, 15) is 9.59 Å². The summed E-state index contributed by atoms with van der Waals surface area (Å²) in [6.07, 6.45) is 0.0860. The van der Waals surface area contributed by atoms with Crippen molar-refractivity contribution in [3.05, 3.63) is 70.0 Å². The number of H-pyrrole nitrogens is 1. The molecule has 5 heteroatoms. The Bertz CT molecular complexity index is 972. The number of hydrogen-bond acceptors (Lipinski definition) is 3. The zero-order valence-electron chi connectivity index (χ0n) is 14.4. The van der Waals surface area contributed by atoms with Crippen LogP contribution in [-0.4, -0.2) is 17.0 Å². The number of nitrogens with one attached hydrogen (secondary N) is 2. The Labute approximate surface area is 145 Å². The molecular weight excluding hydrogens is 316 g/mol. The molecule has 2 N–H and O–H groups in total. The zero-order valence-corrected chi connectivity index (χ0v) is 14.4. The molecule has 1 heterocycles. The van der Waals surface area contributed by atoms with Gasteiger partial charge in [-0.1, -0.05) is 6.07 Å². The van der Waals surface area contributed by atoms with Crippen LogP contribution in [0.4, 0.5) is 5.69 Å². The Morgan fingerprint density at radius 3 is 2.48 bits per heavy atom. The van der Waals surface area contributed by atoms with Gasteiger partial charge in [-0.15, -0.1) is 0 Å². The molecule has 3 rings (SSSR count). The van der Waals surface area contributed by atoms with Crippen LogP contribution in [0.3, 0.4) is 0 Å². The number of aryl methyl sites for hydroxylation is 1. The summed E-state index contributed by atoms with van der Waals surface area (Å²) in [5.74, 6) is 0.510. The van der Waals surface area contributed by atoms with Crippen molar-refractivity contribution >= 4 is 22.5 Å². The van der Waals surface area contributed by atoms with Crippen LogP contribution in [0.25, 0.3) is 10.9 Å². The Hall–Kier alpha value is -3.08. The maximum Gasteiger partial charge on any atom is 0.255 e. The maximum absolute atomic E-state index is 12.4. The number of aromatic nitrogens is 1. The molecule has 0 bridgehead atoms. The second-order valence-corrected chi connectivity index (χ2v) is 6.22. The number of pyridine rings is 1. The van der Waals surface area contributed by atoms with E-state index in [4.69, 9.17) is 4.74 Å². The van der Waals surface area contributed by atoms with Crippen molar-refractivity contribution in [3.8, 4) is 5.75 Å². The Morgan fingerprint density at radius 1 is 1.08 bits per heavy atom. The molecule has 0 unspecified atom stereocenters. The maximum atomic E-state index is 12.4. The first kappa shape index (κ1) is 16.8. The standard InChI is InChI=1S/C20H20N2O3/c1-12(2)25-16-7-4-14(5-8-16)20(24)21-15-6-9-17-13(3)10-19(23)22-18(17)11-15/h4-12H,1-3H3,(H,21,24)(H,22,23). The van der Waals surface area contributed by atoms with E-state index in [2.05, 4.69) is 10.3 Å². The SMILES string of the molecule is Cc1cc(=O)[nH]c2cc(NC(=O)c3ccc(OC(C)C)cc3)ccc12. The van der Waals surface area contributed by atoms with Gasteiger partial charge >= 0.3 is 0 Å². The van der Waals surface area contributed by atoms with Crippen LogP contribution in [0.1, 0.15) is 29.8 Å². The average molecular weight is 336 g/mol. The highest BCUT2D eigenvalue weighted by Crippen LogP contribution is 2.20. The number of amides is 1. The van der Waals surface area contributed by atoms with E-state index in [0.717, 1.165) is 16.7 Å². The number of carbonyl (C=O) groups is 1. The molecule has 1 aromatic heterocycles. The van der Waals surface area contributed by atoms with Crippen LogP contribution in [0.2, 0.25) is 0 Å². The second kappa shape index (κ2) is 6.81. The van der Waals surface area contributed by atoms with Gasteiger partial charge in [-0.3, -0.25) is 9.59 Å². The number of hydrogen-bond donors (Lipinski definition) is 2. The van der Waals surface area contributed by atoms with E-state index < -0.39 is 0 Å². The van der Waals surface area contributed by atoms with Crippen molar-refractivity contribution in [3.63, 3.8) is 0 Å². The molecule has 2 aromatic carbocycles. The van der Waals surface area contributed by atoms with Crippen LogP contribution < -0.4 is 15.6 Å². The number of benzene rings is 2. The highest BCUT2D eigenvalue weighted by molar-refractivity contribution is 6.05. The van der Waals surface area contributed by atoms with Crippen molar-refractivity contribution in [2.45, 2.75) is 26.9 Å². The van der Waals surface area contributed by atoms with E-state index in [0.29, 0.717) is 16.8 Å². The number of aromatic amines is 1. The van der Waals surface area contributed by atoms with Crippen molar-refractivity contribution in [1.29, 1.82) is 0 Å². The molecule has 0 atom stereocenters. The van der Waals surface area contributed by atoms with Crippen molar-refractivity contribution in [2.75, 3.05) is 5.32 Å². The minimum absolute atomic E-state index is 0.0860. The van der Waals surface area contributed by atoms with Gasteiger partial charge in [0, 0.05) is 22.7 Å². The number of fused-ring (bicyclic) bond motifs is 1. The van der Waals surface area contributed by atoms with Crippen LogP contribution in [-0.2, 0) is 0 Å². The lowest BCUT2D eigenvalue weighted by molar-refractivity contribution is 0.102. The first-order chi connectivity index (χ1) is 11.9. The van der Waals surface area contributed by atoms with Gasteiger partial charge < -0.3 is 15.0 Å². The summed E-state index contributed by atoms with van der Waals surface area (Å²) in [6, 6.07) is 14.0. The van der Waals surface area contributed by atoms with Gasteiger partial charge in [0.05, 0.1) is 11.6 Å². The van der Waals surface area contributed by atoms with Gasteiger partial charge in [-0.2, -0.15) is 0 Å². The van der Waals surface area contributed by atoms with Crippen molar-refractivity contribution in [2.24, 2.45) is 0 Å². The summed E-state index contributed by atoms with van der Waals surface area (Å²) in [7, 11) is 0. The number of ether oxygens (including phenoxy) is 1. The van der Waals surface area contributed by atoms with Crippen LogP contribution in [0, 0.1) is 6.92 Å². The molecule has 25 heavy (non-hydrogen) atoms. The summed E-state index contributed by atoms with van der Waals surface area (Å²) in [6.45, 7) is 5.79. The molecule has 1 amide bonds. The van der Waals surface area contributed by atoms with E-state index in [1.807, 2.05) is 32.9 Å². The molecule has 0 aliphatic rings. The monoisotopic (exact) mass is 336 g/mol. The molecule has 0 radical (unpaired) electrons. The van der Waals surface area contributed by atoms with E-state index in [1.165, 1.54) is 0 Å². The van der Waals surface area contributed by atoms with Crippen LogP contribution >= 0.6 is 0 Å². The minimum atomic E-state index is -0.217. The number of anilines is 1. The molecule has 3 aromatic rings. The molecule has 128 valence electrons. The number of carbonyl (C=O) groups excluding carboxylic acids is 1. The van der Waals surface area contributed by atoms with E-state index >= 15 is 0 Å². The molecule has 0 spiro atoms. The lowest BCUT2D eigenvalue weighted by Gasteiger charge is -2.10. The third-order valence-corrected chi connectivity index (χ3v) is 3.80. The lowest BCUT2D eigenvalue weighted by Crippen LogP contribution is -2.12. The fourth-order valence-corrected chi connectivity index (χ4v) is 2.67. The van der Waals surface area contributed by atoms with Gasteiger partial charge in [0.2, 0.25) is 5.56 Å². The summed E-state index contributed by atoms with van der Waals surface area (Å²) >= 11 is 0. The topological polar surface area (TPSA) is 71.2 Å². The fraction of sp³-hybridized carbons (Fsp3) is 0.200. The second-order valence-electron chi connectivity index (χ2n) is 6.22. The van der Waals surface area contributed by atoms with E-state index in [-0.39, 0.29) is 17.6 Å². The minimum Gasteiger partial charge on any atom is -0.491 e. The third-order valence-electron chi connectivity index (χ3n) is 3.80. The molecule has 0 fully saturated rings. The van der Waals surface area contributed by atoms with Crippen LogP contribution in [0.15, 0.2) is 53.3 Å². The quantitative estimate of drug-likeness (QED) is 0.759. The third kappa shape index (κ3) is 3.88. The van der Waals surface area contributed by atoms with Gasteiger partial charge in [-0.25, -0.2) is 0 Å². The van der Waals surface area contributed by atoms with E-state index in [1.54, 1.807) is 36.4 Å². The highest BCUT2D eigenvalue weighted by Gasteiger charge is 2.08. The van der Waals surface area contributed by atoms with Gasteiger partial charge in [0.1, 0.15) is 5.75 Å².